The van der Waals surface area contributed by atoms with Crippen molar-refractivity contribution in [2.75, 3.05) is 19.8 Å². The lowest BCUT2D eigenvalue weighted by molar-refractivity contribution is -0.131. The van der Waals surface area contributed by atoms with Crippen LogP contribution < -0.4 is 11.1 Å². The number of aliphatic hydroxyl groups is 1. The molecule has 1 aliphatic heterocycles. The fourth-order valence-electron chi connectivity index (χ4n) is 2.32. The van der Waals surface area contributed by atoms with Crippen molar-refractivity contribution < 1.29 is 14.6 Å². The van der Waals surface area contributed by atoms with E-state index in [9.17, 15) is 9.90 Å². The number of nitrogens with two attached hydrogens (primary N) is 1. The molecule has 0 saturated carbocycles. The first-order chi connectivity index (χ1) is 8.45. The molecule has 5 heteroatoms. The summed E-state index contributed by atoms with van der Waals surface area (Å²) >= 11 is 0. The van der Waals surface area contributed by atoms with Crippen LogP contribution in [0, 0.1) is 11.3 Å². The third-order valence-electron chi connectivity index (χ3n) is 4.10. The van der Waals surface area contributed by atoms with Crippen molar-refractivity contribution in [2.24, 2.45) is 17.1 Å². The fraction of sp³-hybridized carbons (Fsp3) is 0.923. The maximum Gasteiger partial charge on any atom is 0.230 e. The highest BCUT2D eigenvalue weighted by Gasteiger charge is 2.44. The highest BCUT2D eigenvalue weighted by atomic mass is 16.5. The minimum absolute atomic E-state index is 0.127. The van der Waals surface area contributed by atoms with Crippen LogP contribution in [0.4, 0.5) is 0 Å². The third-order valence-corrected chi connectivity index (χ3v) is 4.10. The van der Waals surface area contributed by atoms with E-state index in [0.717, 1.165) is 12.8 Å². The normalized spacial score (nSPS) is 29.6. The van der Waals surface area contributed by atoms with Crippen molar-refractivity contribution in [1.29, 1.82) is 0 Å². The third kappa shape index (κ3) is 3.22. The van der Waals surface area contributed by atoms with E-state index in [2.05, 4.69) is 5.32 Å². The molecule has 0 bridgehead atoms. The average Bonchev–Trinajstić information content (AvgIpc) is 2.69. The SMILES string of the molecule is CCC(CC)C(O)CNC(=O)C1(C)COCC1N. The molecule has 0 spiro atoms. The molecule has 3 unspecified atom stereocenters. The molecule has 0 aliphatic carbocycles. The number of nitrogens with one attached hydrogen (secondary N) is 1. The maximum atomic E-state index is 12.1. The number of carbonyl (C=O) groups is 1. The summed E-state index contributed by atoms with van der Waals surface area (Å²) < 4.78 is 5.24. The van der Waals surface area contributed by atoms with Crippen LogP contribution in [0.5, 0.6) is 0 Å². The quantitative estimate of drug-likeness (QED) is 0.638. The Morgan fingerprint density at radius 1 is 1.56 bits per heavy atom. The van der Waals surface area contributed by atoms with Crippen LogP contribution >= 0.6 is 0 Å². The van der Waals surface area contributed by atoms with Crippen molar-refractivity contribution in [1.82, 2.24) is 5.32 Å². The van der Waals surface area contributed by atoms with Crippen molar-refractivity contribution in [3.05, 3.63) is 0 Å². The van der Waals surface area contributed by atoms with Crippen LogP contribution in [0.15, 0.2) is 0 Å². The molecule has 1 amide bonds. The Balaban J connectivity index is 2.46. The molecule has 0 aromatic carbocycles. The van der Waals surface area contributed by atoms with Gasteiger partial charge in [-0.25, -0.2) is 0 Å². The van der Waals surface area contributed by atoms with Crippen LogP contribution in [0.2, 0.25) is 0 Å². The second-order valence-corrected chi connectivity index (χ2v) is 5.39. The summed E-state index contributed by atoms with van der Waals surface area (Å²) in [6.45, 7) is 6.94. The molecule has 1 rings (SSSR count). The number of ether oxygens (including phenoxy) is 1. The van der Waals surface area contributed by atoms with Gasteiger partial charge in [0.15, 0.2) is 0 Å². The average molecular weight is 258 g/mol. The molecule has 1 fully saturated rings. The number of aliphatic hydroxyl groups excluding tert-OH is 1. The largest absolute Gasteiger partial charge is 0.391 e. The second-order valence-electron chi connectivity index (χ2n) is 5.39. The molecule has 1 aliphatic rings. The molecule has 5 nitrogen and oxygen atoms in total. The zero-order valence-electron chi connectivity index (χ0n) is 11.6. The Morgan fingerprint density at radius 3 is 2.61 bits per heavy atom. The van der Waals surface area contributed by atoms with Crippen LogP contribution in [-0.2, 0) is 9.53 Å². The molecule has 1 saturated heterocycles. The zero-order chi connectivity index (χ0) is 13.8. The van der Waals surface area contributed by atoms with Gasteiger partial charge in [-0.15, -0.1) is 0 Å². The van der Waals surface area contributed by atoms with Gasteiger partial charge in [-0.05, 0) is 12.8 Å². The summed E-state index contributed by atoms with van der Waals surface area (Å²) in [4.78, 5) is 12.1. The minimum atomic E-state index is -0.673. The Hall–Kier alpha value is -0.650. The minimum Gasteiger partial charge on any atom is -0.391 e. The molecule has 0 aromatic rings. The van der Waals surface area contributed by atoms with Gasteiger partial charge >= 0.3 is 0 Å². The first-order valence-corrected chi connectivity index (χ1v) is 6.75. The standard InChI is InChI=1S/C13H26N2O3/c1-4-9(5-2)10(16)6-15-12(17)13(3)8-18-7-11(13)14/h9-11,16H,4-8,14H2,1-3H3,(H,15,17). The van der Waals surface area contributed by atoms with Gasteiger partial charge in [0.2, 0.25) is 5.91 Å². The van der Waals surface area contributed by atoms with E-state index in [4.69, 9.17) is 10.5 Å². The first-order valence-electron chi connectivity index (χ1n) is 6.75. The predicted molar refractivity (Wildman–Crippen MR) is 70.0 cm³/mol. The summed E-state index contributed by atoms with van der Waals surface area (Å²) in [6.07, 6.45) is 1.33. The summed E-state index contributed by atoms with van der Waals surface area (Å²) in [5.41, 5.74) is 5.21. The van der Waals surface area contributed by atoms with E-state index in [1.807, 2.05) is 20.8 Å². The van der Waals surface area contributed by atoms with Crippen molar-refractivity contribution in [3.63, 3.8) is 0 Å². The van der Waals surface area contributed by atoms with Crippen molar-refractivity contribution in [3.8, 4) is 0 Å². The summed E-state index contributed by atoms with van der Waals surface area (Å²) in [6, 6.07) is -0.275. The predicted octanol–water partition coefficient (Wildman–Crippen LogP) is 0.264. The first kappa shape index (κ1) is 15.4. The maximum absolute atomic E-state index is 12.1. The smallest absolute Gasteiger partial charge is 0.230 e. The van der Waals surface area contributed by atoms with Crippen LogP contribution in [0.1, 0.15) is 33.6 Å². The van der Waals surface area contributed by atoms with Crippen molar-refractivity contribution in [2.45, 2.75) is 45.8 Å². The van der Waals surface area contributed by atoms with Gasteiger partial charge < -0.3 is 20.9 Å². The highest BCUT2D eigenvalue weighted by molar-refractivity contribution is 5.83. The number of carbonyl (C=O) groups excluding carboxylic acids is 1. The van der Waals surface area contributed by atoms with Gasteiger partial charge in [-0.3, -0.25) is 4.79 Å². The Morgan fingerprint density at radius 2 is 2.17 bits per heavy atom. The fourth-order valence-corrected chi connectivity index (χ4v) is 2.32. The van der Waals surface area contributed by atoms with E-state index in [-0.39, 0.29) is 24.4 Å². The number of hydrogen-bond donors (Lipinski definition) is 3. The molecule has 1 heterocycles. The van der Waals surface area contributed by atoms with E-state index in [1.165, 1.54) is 0 Å². The molecule has 4 N–H and O–H groups in total. The van der Waals surface area contributed by atoms with Gasteiger partial charge in [0, 0.05) is 12.6 Å². The van der Waals surface area contributed by atoms with Gasteiger partial charge in [-0.2, -0.15) is 0 Å². The number of hydrogen-bond acceptors (Lipinski definition) is 4. The molecule has 3 atom stereocenters. The van der Waals surface area contributed by atoms with E-state index in [0.29, 0.717) is 13.2 Å². The Bertz CT molecular complexity index is 281. The molecule has 18 heavy (non-hydrogen) atoms. The van der Waals surface area contributed by atoms with Crippen LogP contribution in [0.25, 0.3) is 0 Å². The van der Waals surface area contributed by atoms with Gasteiger partial charge in [0.1, 0.15) is 0 Å². The lowest BCUT2D eigenvalue weighted by Gasteiger charge is -2.27. The van der Waals surface area contributed by atoms with E-state index in [1.54, 1.807) is 0 Å². The molecule has 106 valence electrons. The second kappa shape index (κ2) is 6.50. The van der Waals surface area contributed by atoms with Gasteiger partial charge in [0.25, 0.3) is 0 Å². The van der Waals surface area contributed by atoms with Crippen LogP contribution in [0.3, 0.4) is 0 Å². The summed E-state index contributed by atoms with van der Waals surface area (Å²) in [5.74, 6) is 0.101. The molecule has 0 radical (unpaired) electrons. The van der Waals surface area contributed by atoms with E-state index >= 15 is 0 Å². The topological polar surface area (TPSA) is 84.6 Å². The van der Waals surface area contributed by atoms with Crippen molar-refractivity contribution >= 4 is 5.91 Å². The number of amides is 1. The van der Waals surface area contributed by atoms with Gasteiger partial charge in [0.05, 0.1) is 24.7 Å². The lowest BCUT2D eigenvalue weighted by Crippen LogP contribution is -2.51. The Kier molecular flexibility index (Phi) is 5.56. The lowest BCUT2D eigenvalue weighted by atomic mass is 9.84. The summed E-state index contributed by atoms with van der Waals surface area (Å²) in [7, 11) is 0. The van der Waals surface area contributed by atoms with Gasteiger partial charge in [-0.1, -0.05) is 26.7 Å². The monoisotopic (exact) mass is 258 g/mol. The molecular weight excluding hydrogens is 232 g/mol. The highest BCUT2D eigenvalue weighted by Crippen LogP contribution is 2.27. The molecular formula is C13H26N2O3. The summed E-state index contributed by atoms with van der Waals surface area (Å²) in [5, 5.41) is 12.8. The zero-order valence-corrected chi connectivity index (χ0v) is 11.6. The van der Waals surface area contributed by atoms with E-state index < -0.39 is 11.5 Å². The molecule has 0 aromatic heterocycles. The Labute approximate surface area is 109 Å². The van der Waals surface area contributed by atoms with Crippen LogP contribution in [-0.4, -0.2) is 42.9 Å². The number of rotatable bonds is 6.